The van der Waals surface area contributed by atoms with E-state index in [2.05, 4.69) is 4.74 Å². The van der Waals surface area contributed by atoms with Crippen LogP contribution in [0.5, 0.6) is 0 Å². The molecule has 12 heavy (non-hydrogen) atoms. The number of Topliss-reactive ketones (excluding diaryl/α,β-unsaturated/α-hetero) is 1. The molecule has 0 saturated heterocycles. The zero-order valence-electron chi connectivity index (χ0n) is 7.62. The molecule has 0 aliphatic heterocycles. The third kappa shape index (κ3) is 4.38. The molecule has 0 aromatic heterocycles. The van der Waals surface area contributed by atoms with E-state index in [1.54, 1.807) is 6.92 Å². The molecule has 0 aliphatic rings. The molecular weight excluding hydrogens is 176 g/mol. The molecule has 0 rings (SSSR count). The lowest BCUT2D eigenvalue weighted by molar-refractivity contribution is -0.137. The Morgan fingerprint density at radius 1 is 1.50 bits per heavy atom. The van der Waals surface area contributed by atoms with Gasteiger partial charge in [-0.2, -0.15) is 0 Å². The Morgan fingerprint density at radius 2 is 2.08 bits per heavy atom. The van der Waals surface area contributed by atoms with Crippen LogP contribution in [-0.2, 0) is 14.3 Å². The van der Waals surface area contributed by atoms with Gasteiger partial charge in [0.25, 0.3) is 0 Å². The molecule has 0 N–H and O–H groups in total. The second-order valence-corrected chi connectivity index (χ2v) is 3.68. The number of hydrogen-bond donors (Lipinski definition) is 0. The molecule has 0 aliphatic carbocycles. The van der Waals surface area contributed by atoms with Gasteiger partial charge < -0.3 is 4.74 Å². The zero-order valence-corrected chi connectivity index (χ0v) is 8.44. The first-order chi connectivity index (χ1) is 5.61. The predicted octanol–water partition coefficient (Wildman–Crippen LogP) is 1.26. The van der Waals surface area contributed by atoms with E-state index in [0.717, 1.165) is 0 Å². The van der Waals surface area contributed by atoms with E-state index in [-0.39, 0.29) is 22.8 Å². The fourth-order valence-corrected chi connectivity index (χ4v) is 1.49. The number of methoxy groups -OCH3 is 1. The highest BCUT2D eigenvalue weighted by Crippen LogP contribution is 2.12. The molecule has 0 spiro atoms. The highest BCUT2D eigenvalue weighted by atomic mass is 32.2. The summed E-state index contributed by atoms with van der Waals surface area (Å²) in [5, 5.41) is -0.103. The van der Waals surface area contributed by atoms with Gasteiger partial charge >= 0.3 is 5.97 Å². The first-order valence-electron chi connectivity index (χ1n) is 3.83. The molecule has 3 nitrogen and oxygen atoms in total. The Bertz CT molecular complexity index is 168. The van der Waals surface area contributed by atoms with Crippen LogP contribution in [0.25, 0.3) is 0 Å². The molecule has 70 valence electrons. The first-order valence-corrected chi connectivity index (χ1v) is 4.87. The second kappa shape index (κ2) is 6.06. The third-order valence-electron chi connectivity index (χ3n) is 1.48. The summed E-state index contributed by atoms with van der Waals surface area (Å²) in [5.41, 5.74) is 0. The van der Waals surface area contributed by atoms with Crippen molar-refractivity contribution in [1.29, 1.82) is 0 Å². The van der Waals surface area contributed by atoms with Crippen LogP contribution in [0.15, 0.2) is 0 Å². The number of carbonyl (C=O) groups is 2. The van der Waals surface area contributed by atoms with Crippen LogP contribution in [0.3, 0.4) is 0 Å². The molecule has 0 bridgehead atoms. The number of ketones is 1. The number of esters is 1. The van der Waals surface area contributed by atoms with Crippen LogP contribution < -0.4 is 0 Å². The summed E-state index contributed by atoms with van der Waals surface area (Å²) >= 11 is 1.32. The van der Waals surface area contributed by atoms with Gasteiger partial charge in [-0.25, -0.2) is 0 Å². The number of hydrogen-bond acceptors (Lipinski definition) is 4. The Balaban J connectivity index is 3.63. The zero-order chi connectivity index (χ0) is 9.56. The standard InChI is InChI=1S/C8H14O3S/c1-4-7(9)6(2)12-5-8(10)11-3/h6H,4-5H2,1-3H3. The number of carbonyl (C=O) groups excluding carboxylic acids is 2. The highest BCUT2D eigenvalue weighted by molar-refractivity contribution is 8.01. The SMILES string of the molecule is CCC(=O)C(C)SCC(=O)OC. The Kier molecular flexibility index (Phi) is 5.80. The highest BCUT2D eigenvalue weighted by Gasteiger charge is 2.12. The van der Waals surface area contributed by atoms with Crippen molar-refractivity contribution in [2.45, 2.75) is 25.5 Å². The van der Waals surface area contributed by atoms with E-state index in [1.165, 1.54) is 18.9 Å². The quantitative estimate of drug-likeness (QED) is 0.612. The molecule has 0 aromatic carbocycles. The molecule has 0 amide bonds. The average molecular weight is 190 g/mol. The van der Waals surface area contributed by atoms with Gasteiger partial charge in [-0.3, -0.25) is 9.59 Å². The number of rotatable bonds is 5. The maximum absolute atomic E-state index is 11.0. The van der Waals surface area contributed by atoms with Gasteiger partial charge in [-0.15, -0.1) is 11.8 Å². The van der Waals surface area contributed by atoms with E-state index >= 15 is 0 Å². The van der Waals surface area contributed by atoms with Crippen molar-refractivity contribution >= 4 is 23.5 Å². The summed E-state index contributed by atoms with van der Waals surface area (Å²) in [6, 6.07) is 0. The normalized spacial score (nSPS) is 12.2. The summed E-state index contributed by atoms with van der Waals surface area (Å²) < 4.78 is 4.44. The molecular formula is C8H14O3S. The molecule has 4 heteroatoms. The lowest BCUT2D eigenvalue weighted by Crippen LogP contribution is -2.15. The van der Waals surface area contributed by atoms with E-state index in [1.807, 2.05) is 6.92 Å². The molecule has 0 radical (unpaired) electrons. The lowest BCUT2D eigenvalue weighted by atomic mass is 10.2. The van der Waals surface area contributed by atoms with Crippen LogP contribution >= 0.6 is 11.8 Å². The van der Waals surface area contributed by atoms with Crippen molar-refractivity contribution < 1.29 is 14.3 Å². The second-order valence-electron chi connectivity index (χ2n) is 2.35. The summed E-state index contributed by atoms with van der Waals surface area (Å²) in [7, 11) is 1.34. The first kappa shape index (κ1) is 11.5. The third-order valence-corrected chi connectivity index (χ3v) is 2.65. The predicted molar refractivity (Wildman–Crippen MR) is 49.2 cm³/mol. The Morgan fingerprint density at radius 3 is 2.50 bits per heavy atom. The van der Waals surface area contributed by atoms with Crippen molar-refractivity contribution in [2.75, 3.05) is 12.9 Å². The molecule has 0 aromatic rings. The summed E-state index contributed by atoms with van der Waals surface area (Å²) in [6.45, 7) is 3.62. The van der Waals surface area contributed by atoms with Gasteiger partial charge in [0.05, 0.1) is 18.1 Å². The van der Waals surface area contributed by atoms with Gasteiger partial charge in [-0.05, 0) is 6.92 Å². The lowest BCUT2D eigenvalue weighted by Gasteiger charge is -2.06. The number of thioether (sulfide) groups is 1. The monoisotopic (exact) mass is 190 g/mol. The van der Waals surface area contributed by atoms with Crippen LogP contribution in [-0.4, -0.2) is 29.9 Å². The van der Waals surface area contributed by atoms with Crippen molar-refractivity contribution in [3.63, 3.8) is 0 Å². The van der Waals surface area contributed by atoms with Crippen molar-refractivity contribution in [3.05, 3.63) is 0 Å². The summed E-state index contributed by atoms with van der Waals surface area (Å²) in [6.07, 6.45) is 0.523. The van der Waals surface area contributed by atoms with E-state index < -0.39 is 0 Å². The molecule has 0 fully saturated rings. The Hall–Kier alpha value is -0.510. The molecule has 0 heterocycles. The van der Waals surface area contributed by atoms with Gasteiger partial charge in [0.1, 0.15) is 5.78 Å². The van der Waals surface area contributed by atoms with Gasteiger partial charge in [-0.1, -0.05) is 6.92 Å². The van der Waals surface area contributed by atoms with Crippen LogP contribution in [0.4, 0.5) is 0 Å². The van der Waals surface area contributed by atoms with E-state index in [9.17, 15) is 9.59 Å². The molecule has 1 atom stereocenters. The summed E-state index contributed by atoms with van der Waals surface area (Å²) in [5.74, 6) is 0.142. The fraction of sp³-hybridized carbons (Fsp3) is 0.750. The Labute approximate surface area is 76.9 Å². The minimum atomic E-state index is -0.282. The molecule has 0 saturated carbocycles. The van der Waals surface area contributed by atoms with Crippen molar-refractivity contribution in [2.24, 2.45) is 0 Å². The van der Waals surface area contributed by atoms with E-state index in [4.69, 9.17) is 0 Å². The minimum absolute atomic E-state index is 0.103. The largest absolute Gasteiger partial charge is 0.468 e. The minimum Gasteiger partial charge on any atom is -0.468 e. The van der Waals surface area contributed by atoms with Gasteiger partial charge in [0.15, 0.2) is 0 Å². The van der Waals surface area contributed by atoms with E-state index in [0.29, 0.717) is 6.42 Å². The van der Waals surface area contributed by atoms with Crippen LogP contribution in [0, 0.1) is 0 Å². The fourth-order valence-electron chi connectivity index (χ4n) is 0.632. The van der Waals surface area contributed by atoms with Gasteiger partial charge in [0, 0.05) is 6.42 Å². The topological polar surface area (TPSA) is 43.4 Å². The van der Waals surface area contributed by atoms with Crippen molar-refractivity contribution in [3.8, 4) is 0 Å². The average Bonchev–Trinajstić information content (AvgIpc) is 2.11. The maximum atomic E-state index is 11.0. The maximum Gasteiger partial charge on any atom is 0.315 e. The molecule has 1 unspecified atom stereocenters. The summed E-state index contributed by atoms with van der Waals surface area (Å²) in [4.78, 5) is 21.7. The number of ether oxygens (including phenoxy) is 1. The van der Waals surface area contributed by atoms with Crippen LogP contribution in [0.1, 0.15) is 20.3 Å². The van der Waals surface area contributed by atoms with Crippen molar-refractivity contribution in [1.82, 2.24) is 0 Å². The smallest absolute Gasteiger partial charge is 0.315 e. The van der Waals surface area contributed by atoms with Crippen LogP contribution in [0.2, 0.25) is 0 Å². The van der Waals surface area contributed by atoms with Gasteiger partial charge in [0.2, 0.25) is 0 Å².